The maximum atomic E-state index is 13.5. The van der Waals surface area contributed by atoms with Crippen LogP contribution in [0.5, 0.6) is 0 Å². The first-order chi connectivity index (χ1) is 15.7. The number of carbonyl (C=O) groups excluding carboxylic acids is 3. The Hall–Kier alpha value is -2.97. The van der Waals surface area contributed by atoms with Crippen LogP contribution in [0.3, 0.4) is 0 Å². The van der Waals surface area contributed by atoms with Crippen molar-refractivity contribution in [2.75, 3.05) is 0 Å². The van der Waals surface area contributed by atoms with Crippen LogP contribution < -0.4 is 0 Å². The number of fused-ring (bicyclic) bond motifs is 1. The van der Waals surface area contributed by atoms with E-state index in [0.717, 1.165) is 16.4 Å². The summed E-state index contributed by atoms with van der Waals surface area (Å²) in [5.41, 5.74) is 0.518. The Morgan fingerprint density at radius 2 is 1.73 bits per heavy atom. The summed E-state index contributed by atoms with van der Waals surface area (Å²) in [6, 6.07) is 9.83. The predicted octanol–water partition coefficient (Wildman–Crippen LogP) is 4.88. The molecule has 1 saturated heterocycles. The average Bonchev–Trinajstić information content (AvgIpc) is 3.03. The van der Waals surface area contributed by atoms with Crippen LogP contribution in [0, 0.1) is 27.9 Å². The second kappa shape index (κ2) is 9.11. The normalized spacial score (nSPS) is 22.3. The van der Waals surface area contributed by atoms with E-state index < -0.39 is 34.5 Å². The third kappa shape index (κ3) is 4.45. The molecule has 2 aliphatic rings. The smallest absolute Gasteiger partial charge is 0.272 e. The Kier molecular flexibility index (Phi) is 6.41. The van der Waals surface area contributed by atoms with E-state index in [4.69, 9.17) is 23.2 Å². The lowest BCUT2D eigenvalue weighted by Crippen LogP contribution is -2.49. The van der Waals surface area contributed by atoms with Gasteiger partial charge in [-0.1, -0.05) is 36.2 Å². The Balaban J connectivity index is 1.71. The van der Waals surface area contributed by atoms with E-state index in [9.17, 15) is 24.5 Å². The molecule has 2 fully saturated rings. The second-order valence-corrected chi connectivity index (χ2v) is 9.35. The minimum absolute atomic E-state index is 0.0980. The number of nitro groups is 1. The highest BCUT2D eigenvalue weighted by Crippen LogP contribution is 2.41. The summed E-state index contributed by atoms with van der Waals surface area (Å²) >= 11 is 12.1. The number of imide groups is 1. The molecule has 172 valence electrons. The van der Waals surface area contributed by atoms with Gasteiger partial charge in [-0.25, -0.2) is 5.01 Å². The van der Waals surface area contributed by atoms with Crippen molar-refractivity contribution < 1.29 is 19.3 Å². The van der Waals surface area contributed by atoms with Gasteiger partial charge in [-0.15, -0.1) is 0 Å². The SMILES string of the molecule is C[C@@H]1CC[C@H]2C(=O)N(N(Cc3ccc(Cl)c(Cl)c3)C(=O)c3ccc([N+](=O)[O-])cc3)C(=O)[C@H]2C1. The fourth-order valence-corrected chi connectivity index (χ4v) is 4.85. The van der Waals surface area contributed by atoms with Gasteiger partial charge in [0.2, 0.25) is 0 Å². The molecule has 0 spiro atoms. The topological polar surface area (TPSA) is 101 Å². The Labute approximate surface area is 200 Å². The number of nitro benzene ring substituents is 1. The number of hydrazine groups is 1. The van der Waals surface area contributed by atoms with Gasteiger partial charge >= 0.3 is 0 Å². The van der Waals surface area contributed by atoms with Gasteiger partial charge in [0, 0.05) is 17.7 Å². The molecule has 8 nitrogen and oxygen atoms in total. The first-order valence-electron chi connectivity index (χ1n) is 10.6. The van der Waals surface area contributed by atoms with Crippen molar-refractivity contribution in [1.82, 2.24) is 10.0 Å². The number of amides is 3. The third-order valence-corrected chi connectivity index (χ3v) is 7.02. The van der Waals surface area contributed by atoms with Gasteiger partial charge in [0.25, 0.3) is 23.4 Å². The highest BCUT2D eigenvalue weighted by molar-refractivity contribution is 6.42. The third-order valence-electron chi connectivity index (χ3n) is 6.28. The summed E-state index contributed by atoms with van der Waals surface area (Å²) in [7, 11) is 0. The molecule has 0 unspecified atom stereocenters. The molecule has 1 aliphatic carbocycles. The van der Waals surface area contributed by atoms with Crippen LogP contribution in [0.2, 0.25) is 10.0 Å². The van der Waals surface area contributed by atoms with E-state index in [2.05, 4.69) is 0 Å². The molecule has 3 amide bonds. The van der Waals surface area contributed by atoms with E-state index in [1.54, 1.807) is 18.2 Å². The zero-order chi connectivity index (χ0) is 23.9. The maximum Gasteiger partial charge on any atom is 0.273 e. The summed E-state index contributed by atoms with van der Waals surface area (Å²) in [5.74, 6) is -2.00. The fraction of sp³-hybridized carbons (Fsp3) is 0.348. The lowest BCUT2D eigenvalue weighted by Gasteiger charge is -2.30. The number of nitrogens with zero attached hydrogens (tertiary/aromatic N) is 3. The van der Waals surface area contributed by atoms with E-state index in [-0.39, 0.29) is 22.8 Å². The molecule has 3 atom stereocenters. The molecule has 0 bridgehead atoms. The van der Waals surface area contributed by atoms with E-state index in [1.807, 2.05) is 6.92 Å². The van der Waals surface area contributed by atoms with Gasteiger partial charge < -0.3 is 0 Å². The summed E-state index contributed by atoms with van der Waals surface area (Å²) in [6.07, 6.45) is 2.04. The van der Waals surface area contributed by atoms with Crippen LogP contribution >= 0.6 is 23.2 Å². The van der Waals surface area contributed by atoms with Gasteiger partial charge in [0.1, 0.15) is 0 Å². The molecular weight excluding hydrogens is 469 g/mol. The van der Waals surface area contributed by atoms with Crippen LogP contribution in [-0.4, -0.2) is 32.7 Å². The van der Waals surface area contributed by atoms with Crippen LogP contribution in [0.25, 0.3) is 0 Å². The molecule has 2 aromatic rings. The molecule has 2 aromatic carbocycles. The van der Waals surface area contributed by atoms with Gasteiger partial charge in [-0.05, 0) is 55.0 Å². The number of hydrogen-bond acceptors (Lipinski definition) is 5. The minimum Gasteiger partial charge on any atom is -0.272 e. The van der Waals surface area contributed by atoms with Crippen LogP contribution in [0.15, 0.2) is 42.5 Å². The van der Waals surface area contributed by atoms with Crippen molar-refractivity contribution in [3.05, 3.63) is 73.8 Å². The summed E-state index contributed by atoms with van der Waals surface area (Å²) in [5, 5.41) is 13.6. The van der Waals surface area contributed by atoms with E-state index >= 15 is 0 Å². The molecule has 33 heavy (non-hydrogen) atoms. The van der Waals surface area contributed by atoms with Gasteiger partial charge in [0.15, 0.2) is 0 Å². The van der Waals surface area contributed by atoms with Crippen molar-refractivity contribution in [1.29, 1.82) is 0 Å². The Bertz CT molecular complexity index is 1140. The first-order valence-corrected chi connectivity index (χ1v) is 11.3. The molecule has 0 aromatic heterocycles. The highest BCUT2D eigenvalue weighted by Gasteiger charge is 2.52. The van der Waals surface area contributed by atoms with Crippen LogP contribution in [-0.2, 0) is 16.1 Å². The summed E-state index contributed by atoms with van der Waals surface area (Å²) < 4.78 is 0. The number of halogens is 2. The van der Waals surface area contributed by atoms with E-state index in [0.29, 0.717) is 29.3 Å². The highest BCUT2D eigenvalue weighted by atomic mass is 35.5. The predicted molar refractivity (Wildman–Crippen MR) is 121 cm³/mol. The number of carbonyl (C=O) groups is 3. The molecule has 1 aliphatic heterocycles. The molecule has 0 radical (unpaired) electrons. The molecular formula is C23H21Cl2N3O5. The fourth-order valence-electron chi connectivity index (χ4n) is 4.53. The van der Waals surface area contributed by atoms with E-state index in [1.165, 1.54) is 24.3 Å². The zero-order valence-electron chi connectivity index (χ0n) is 17.7. The summed E-state index contributed by atoms with van der Waals surface area (Å²) in [6.45, 7) is 1.95. The zero-order valence-corrected chi connectivity index (χ0v) is 19.3. The molecule has 1 heterocycles. The first kappa shape index (κ1) is 23.2. The molecule has 0 N–H and O–H groups in total. The Morgan fingerprint density at radius 1 is 1.06 bits per heavy atom. The lowest BCUT2D eigenvalue weighted by atomic mass is 9.76. The van der Waals surface area contributed by atoms with Crippen molar-refractivity contribution in [2.24, 2.45) is 17.8 Å². The lowest BCUT2D eigenvalue weighted by molar-refractivity contribution is -0.384. The van der Waals surface area contributed by atoms with Crippen LogP contribution in [0.1, 0.15) is 42.1 Å². The number of benzene rings is 2. The number of non-ortho nitro benzene ring substituents is 1. The number of hydrogen-bond donors (Lipinski definition) is 0. The van der Waals surface area contributed by atoms with Gasteiger partial charge in [-0.2, -0.15) is 5.01 Å². The largest absolute Gasteiger partial charge is 0.273 e. The molecule has 1 saturated carbocycles. The monoisotopic (exact) mass is 489 g/mol. The standard InChI is InChI=1S/C23H21Cl2N3O5/c1-13-2-8-17-18(10-13)23(31)27(22(17)30)26(12-14-3-9-19(24)20(25)11-14)21(29)15-4-6-16(7-5-15)28(32)33/h3-7,9,11,13,17-18H,2,8,10,12H2,1H3/t13-,17-,18+/m1/s1. The molecule has 10 heteroatoms. The van der Waals surface area contributed by atoms with Crippen LogP contribution in [0.4, 0.5) is 5.69 Å². The van der Waals surface area contributed by atoms with Crippen molar-refractivity contribution in [2.45, 2.75) is 32.7 Å². The quantitative estimate of drug-likeness (QED) is 0.338. The Morgan fingerprint density at radius 3 is 2.36 bits per heavy atom. The van der Waals surface area contributed by atoms with Crippen molar-refractivity contribution >= 4 is 46.6 Å². The molecule has 4 rings (SSSR count). The maximum absolute atomic E-state index is 13.5. The van der Waals surface area contributed by atoms with Gasteiger partial charge in [-0.3, -0.25) is 24.5 Å². The van der Waals surface area contributed by atoms with Crippen molar-refractivity contribution in [3.63, 3.8) is 0 Å². The number of rotatable bonds is 5. The average molecular weight is 490 g/mol. The van der Waals surface area contributed by atoms with Crippen molar-refractivity contribution in [3.8, 4) is 0 Å². The summed E-state index contributed by atoms with van der Waals surface area (Å²) in [4.78, 5) is 50.5. The minimum atomic E-state index is -0.621. The van der Waals surface area contributed by atoms with Gasteiger partial charge in [0.05, 0.1) is 33.3 Å². The second-order valence-electron chi connectivity index (χ2n) is 8.53.